The van der Waals surface area contributed by atoms with E-state index in [-0.39, 0.29) is 23.6 Å². The van der Waals surface area contributed by atoms with E-state index in [0.717, 1.165) is 61.0 Å². The number of nitrogens with zero attached hydrogens (tertiary/aromatic N) is 2. The zero-order valence-electron chi connectivity index (χ0n) is 26.2. The van der Waals surface area contributed by atoms with Gasteiger partial charge in [0.05, 0.1) is 12.6 Å². The zero-order valence-corrected chi connectivity index (χ0v) is 26.2. The van der Waals surface area contributed by atoms with E-state index in [4.69, 9.17) is 9.72 Å². The van der Waals surface area contributed by atoms with E-state index in [0.29, 0.717) is 37.4 Å². The molecule has 0 fully saturated rings. The Balaban J connectivity index is 1.17. The van der Waals surface area contributed by atoms with E-state index in [1.54, 1.807) is 17.7 Å². The predicted molar refractivity (Wildman–Crippen MR) is 174 cm³/mol. The number of unbranched alkanes of at least 4 members (excludes halogenated alkanes) is 3. The first-order chi connectivity index (χ1) is 21.9. The number of likely N-dealkylation sites (N-methyl/N-ethyl adjacent to an activating group) is 1. The smallest absolute Gasteiger partial charge is 0.359 e. The molecule has 3 aromatic rings. The van der Waals surface area contributed by atoms with E-state index in [9.17, 15) is 14.0 Å². The van der Waals surface area contributed by atoms with Crippen LogP contribution in [0.4, 0.5) is 10.2 Å². The van der Waals surface area contributed by atoms with Crippen LogP contribution in [0, 0.1) is 5.82 Å². The van der Waals surface area contributed by atoms with Crippen molar-refractivity contribution in [2.45, 2.75) is 70.4 Å². The van der Waals surface area contributed by atoms with Crippen LogP contribution in [0.5, 0.6) is 5.75 Å². The molecule has 1 aliphatic carbocycles. The maximum Gasteiger partial charge on any atom is 0.359 e. The zero-order chi connectivity index (χ0) is 31.6. The lowest BCUT2D eigenvalue weighted by molar-refractivity contribution is -0.553. The summed E-state index contributed by atoms with van der Waals surface area (Å²) in [4.78, 5) is 30.4. The number of rotatable bonds is 15. The van der Waals surface area contributed by atoms with Gasteiger partial charge < -0.3 is 15.4 Å². The number of benzene rings is 2. The number of fused-ring (bicyclic) bond motifs is 1. The molecule has 1 aromatic heterocycles. The second-order valence-corrected chi connectivity index (χ2v) is 11.7. The maximum absolute atomic E-state index is 15.0. The van der Waals surface area contributed by atoms with Crippen molar-refractivity contribution in [1.82, 2.24) is 15.6 Å². The fourth-order valence-corrected chi connectivity index (χ4v) is 5.55. The SMILES string of the molecule is CNC(C)C(=O)NCCCCCCOc1ccc(CC2Nc3c(Cc4ccccc4)nc(C4=CCCC=C4)c[n+]3C2=O)cc1F. The summed E-state index contributed by atoms with van der Waals surface area (Å²) in [6.45, 7) is 2.88. The van der Waals surface area contributed by atoms with Crippen molar-refractivity contribution in [2.24, 2.45) is 0 Å². The molecule has 2 atom stereocenters. The van der Waals surface area contributed by atoms with Crippen LogP contribution in [-0.2, 0) is 17.6 Å². The number of ether oxygens (including phenoxy) is 1. The molecule has 2 aromatic carbocycles. The molecule has 1 amide bonds. The number of aromatic nitrogens is 2. The van der Waals surface area contributed by atoms with Crippen LogP contribution in [0.25, 0.3) is 5.57 Å². The molecule has 0 saturated carbocycles. The highest BCUT2D eigenvalue weighted by Gasteiger charge is 2.41. The van der Waals surface area contributed by atoms with Crippen LogP contribution >= 0.6 is 0 Å². The van der Waals surface area contributed by atoms with E-state index in [1.807, 2.05) is 37.4 Å². The number of nitrogens with one attached hydrogen (secondary N) is 3. The van der Waals surface area contributed by atoms with Gasteiger partial charge in [-0.25, -0.2) is 14.2 Å². The fraction of sp³-hybridized carbons (Fsp3) is 0.389. The number of hydrogen-bond donors (Lipinski definition) is 3. The third-order valence-electron chi connectivity index (χ3n) is 8.26. The standard InChI is InChI=1S/C36H42FN5O3/c1-25(38-2)35(43)39-19-11-3-4-12-20-45-33-18-17-27(21-29(33)37)23-31-36(44)42-24-32(28-15-9-6-10-16-28)40-30(34(42)41-31)22-26-13-7-5-8-14-26/h5,7-9,13-18,21,24-25,31,38H,3-4,6,10-12,19-20,22-23H2,1-2H3,(H,39,43)/p+1. The summed E-state index contributed by atoms with van der Waals surface area (Å²) >= 11 is 0. The van der Waals surface area contributed by atoms with Crippen LogP contribution in [0.3, 0.4) is 0 Å². The topological polar surface area (TPSA) is 96.2 Å². The third-order valence-corrected chi connectivity index (χ3v) is 8.26. The predicted octanol–water partition coefficient (Wildman–Crippen LogP) is 5.17. The molecule has 2 unspecified atom stereocenters. The molecule has 0 saturated heterocycles. The van der Waals surface area contributed by atoms with Gasteiger partial charge in [0, 0.05) is 19.4 Å². The number of anilines is 1. The van der Waals surface area contributed by atoms with Crippen LogP contribution < -0.4 is 25.3 Å². The summed E-state index contributed by atoms with van der Waals surface area (Å²) in [7, 11) is 1.76. The van der Waals surface area contributed by atoms with Gasteiger partial charge in [0.2, 0.25) is 5.91 Å². The second kappa shape index (κ2) is 15.6. The van der Waals surface area contributed by atoms with Crippen molar-refractivity contribution in [2.75, 3.05) is 25.5 Å². The summed E-state index contributed by atoms with van der Waals surface area (Å²) in [5.41, 5.74) is 4.41. The van der Waals surface area contributed by atoms with Gasteiger partial charge in [-0.1, -0.05) is 67.5 Å². The Morgan fingerprint density at radius 1 is 1.11 bits per heavy atom. The van der Waals surface area contributed by atoms with Crippen molar-refractivity contribution < 1.29 is 23.3 Å². The van der Waals surface area contributed by atoms with Crippen molar-refractivity contribution in [1.29, 1.82) is 0 Å². The Labute approximate surface area is 264 Å². The molecule has 0 radical (unpaired) electrons. The van der Waals surface area contributed by atoms with Crippen molar-refractivity contribution in [3.63, 3.8) is 0 Å². The number of halogens is 1. The molecule has 0 spiro atoms. The van der Waals surface area contributed by atoms with Gasteiger partial charge in [0.25, 0.3) is 0 Å². The van der Waals surface area contributed by atoms with E-state index >= 15 is 0 Å². The molecule has 0 bridgehead atoms. The van der Waals surface area contributed by atoms with E-state index < -0.39 is 11.9 Å². The summed E-state index contributed by atoms with van der Waals surface area (Å²) in [6.07, 6.45) is 14.6. The Kier molecular flexibility index (Phi) is 11.1. The molecule has 45 heavy (non-hydrogen) atoms. The van der Waals surface area contributed by atoms with Gasteiger partial charge in [-0.2, -0.15) is 4.57 Å². The minimum absolute atomic E-state index is 0.000256. The third kappa shape index (κ3) is 8.42. The average Bonchev–Trinajstić information content (AvgIpc) is 3.38. The summed E-state index contributed by atoms with van der Waals surface area (Å²) in [5, 5.41) is 9.22. The molecular weight excluding hydrogens is 569 g/mol. The van der Waals surface area contributed by atoms with Crippen LogP contribution in [0.15, 0.2) is 73.0 Å². The number of allylic oxidation sites excluding steroid dienone is 4. The molecule has 2 aliphatic rings. The van der Waals surface area contributed by atoms with Crippen molar-refractivity contribution >= 4 is 23.2 Å². The molecule has 1 aliphatic heterocycles. The molecule has 2 heterocycles. The molecule has 8 nitrogen and oxygen atoms in total. The highest BCUT2D eigenvalue weighted by atomic mass is 19.1. The number of carbonyl (C=O) groups is 2. The van der Waals surface area contributed by atoms with Crippen LogP contribution in [-0.4, -0.2) is 49.1 Å². The Morgan fingerprint density at radius 2 is 1.93 bits per heavy atom. The average molecular weight is 613 g/mol. The van der Waals surface area contributed by atoms with Crippen LogP contribution in [0.2, 0.25) is 0 Å². The summed E-state index contributed by atoms with van der Waals surface area (Å²) < 4.78 is 22.4. The largest absolute Gasteiger partial charge is 0.491 e. The highest BCUT2D eigenvalue weighted by molar-refractivity contribution is 5.83. The van der Waals surface area contributed by atoms with Crippen molar-refractivity contribution in [3.8, 4) is 5.75 Å². The van der Waals surface area contributed by atoms with Gasteiger partial charge in [-0.15, -0.1) is 0 Å². The van der Waals surface area contributed by atoms with E-state index in [2.05, 4.69) is 46.3 Å². The van der Waals surface area contributed by atoms with Gasteiger partial charge in [-0.3, -0.25) is 10.1 Å². The minimum Gasteiger partial charge on any atom is -0.491 e. The van der Waals surface area contributed by atoms with Gasteiger partial charge in [0.15, 0.2) is 17.6 Å². The lowest BCUT2D eigenvalue weighted by Crippen LogP contribution is -2.44. The van der Waals surface area contributed by atoms with E-state index in [1.165, 1.54) is 6.07 Å². The Bertz CT molecular complexity index is 1560. The quantitative estimate of drug-likeness (QED) is 0.162. The fourth-order valence-electron chi connectivity index (χ4n) is 5.55. The molecule has 5 rings (SSSR count). The first kappa shape index (κ1) is 32.0. The first-order valence-electron chi connectivity index (χ1n) is 16.0. The maximum atomic E-state index is 15.0. The molecule has 3 N–H and O–H groups in total. The summed E-state index contributed by atoms with van der Waals surface area (Å²) in [5.74, 6) is 0.381. The number of carbonyl (C=O) groups excluding carboxylic acids is 2. The Morgan fingerprint density at radius 3 is 2.69 bits per heavy atom. The number of hydrogen-bond acceptors (Lipinski definition) is 6. The monoisotopic (exact) mass is 612 g/mol. The molecule has 236 valence electrons. The highest BCUT2D eigenvalue weighted by Crippen LogP contribution is 2.26. The van der Waals surface area contributed by atoms with Gasteiger partial charge in [0.1, 0.15) is 17.6 Å². The second-order valence-electron chi connectivity index (χ2n) is 11.7. The van der Waals surface area contributed by atoms with Crippen molar-refractivity contribution in [3.05, 3.63) is 101 Å². The molecule has 9 heteroatoms. The van der Waals surface area contributed by atoms with Crippen LogP contribution in [0.1, 0.15) is 72.8 Å². The lowest BCUT2D eigenvalue weighted by Gasteiger charge is -2.11. The lowest BCUT2D eigenvalue weighted by atomic mass is 10.0. The summed E-state index contributed by atoms with van der Waals surface area (Å²) in [6, 6.07) is 14.3. The minimum atomic E-state index is -0.537. The Hall–Kier alpha value is -4.37. The number of amides is 1. The normalized spacial score (nSPS) is 16.1. The van der Waals surface area contributed by atoms with Gasteiger partial charge in [-0.05, 0) is 68.5 Å². The first-order valence-corrected chi connectivity index (χ1v) is 16.0. The molecular formula is C36H43FN5O3+. The van der Waals surface area contributed by atoms with Gasteiger partial charge >= 0.3 is 11.7 Å².